The molecule has 21 heavy (non-hydrogen) atoms. The summed E-state index contributed by atoms with van der Waals surface area (Å²) in [7, 11) is 1.65. The van der Waals surface area contributed by atoms with E-state index in [1.165, 1.54) is 0 Å². The zero-order valence-electron chi connectivity index (χ0n) is 13.9. The van der Waals surface area contributed by atoms with Gasteiger partial charge in [0, 0.05) is 19.3 Å². The summed E-state index contributed by atoms with van der Waals surface area (Å²) in [6.07, 6.45) is 1.83. The number of rotatable bonds is 16. The van der Waals surface area contributed by atoms with Gasteiger partial charge in [-0.2, -0.15) is 0 Å². The summed E-state index contributed by atoms with van der Waals surface area (Å²) < 4.78 is 21.0. The van der Waals surface area contributed by atoms with Crippen LogP contribution in [0.2, 0.25) is 0 Å². The topological polar surface area (TPSA) is 69.2 Å². The lowest BCUT2D eigenvalue weighted by Gasteiger charge is -2.28. The van der Waals surface area contributed by atoms with Crippen molar-refractivity contribution in [1.82, 2.24) is 5.32 Å². The molecule has 128 valence electrons. The number of ether oxygens (including phenoxy) is 4. The van der Waals surface area contributed by atoms with Crippen LogP contribution in [-0.4, -0.2) is 77.2 Å². The third kappa shape index (κ3) is 13.2. The molecule has 1 unspecified atom stereocenters. The van der Waals surface area contributed by atoms with Gasteiger partial charge in [-0.3, -0.25) is 0 Å². The Bertz CT molecular complexity index is 218. The summed E-state index contributed by atoms with van der Waals surface area (Å²) in [6, 6.07) is 0. The van der Waals surface area contributed by atoms with Crippen LogP contribution in [0.3, 0.4) is 0 Å². The molecule has 0 aromatic carbocycles. The summed E-state index contributed by atoms with van der Waals surface area (Å²) in [5.74, 6) is 0. The highest BCUT2D eigenvalue weighted by Crippen LogP contribution is 2.08. The van der Waals surface area contributed by atoms with Crippen LogP contribution < -0.4 is 5.32 Å². The molecule has 0 rings (SSSR count). The van der Waals surface area contributed by atoms with Crippen LogP contribution in [-0.2, 0) is 18.9 Å². The summed E-state index contributed by atoms with van der Waals surface area (Å²) >= 11 is 0. The lowest BCUT2D eigenvalue weighted by Crippen LogP contribution is -2.46. The Labute approximate surface area is 129 Å². The molecule has 0 amide bonds. The summed E-state index contributed by atoms with van der Waals surface area (Å²) in [5, 5.41) is 12.8. The molecule has 0 bridgehead atoms. The molecular formula is C15H33NO5. The minimum atomic E-state index is -0.258. The van der Waals surface area contributed by atoms with Crippen molar-refractivity contribution in [1.29, 1.82) is 0 Å². The molecule has 0 saturated carbocycles. The van der Waals surface area contributed by atoms with Gasteiger partial charge in [-0.15, -0.1) is 0 Å². The van der Waals surface area contributed by atoms with Crippen LogP contribution in [0, 0.1) is 0 Å². The van der Waals surface area contributed by atoms with Gasteiger partial charge in [0.1, 0.15) is 0 Å². The molecule has 0 aromatic heterocycles. The zero-order valence-corrected chi connectivity index (χ0v) is 13.9. The number of aliphatic hydroxyl groups is 1. The smallest absolute Gasteiger partial charge is 0.0701 e. The van der Waals surface area contributed by atoms with Crippen molar-refractivity contribution in [3.63, 3.8) is 0 Å². The quantitative estimate of drug-likeness (QED) is 0.412. The molecule has 0 aliphatic heterocycles. The minimum absolute atomic E-state index is 0.117. The highest BCUT2D eigenvalue weighted by molar-refractivity contribution is 4.81. The van der Waals surface area contributed by atoms with E-state index in [9.17, 15) is 5.11 Å². The Balaban J connectivity index is 3.34. The van der Waals surface area contributed by atoms with Gasteiger partial charge >= 0.3 is 0 Å². The monoisotopic (exact) mass is 307 g/mol. The summed E-state index contributed by atoms with van der Waals surface area (Å²) in [6.45, 7) is 9.24. The molecular weight excluding hydrogens is 274 g/mol. The van der Waals surface area contributed by atoms with Crippen LogP contribution in [0.1, 0.15) is 26.7 Å². The fraction of sp³-hybridized carbons (Fsp3) is 1.00. The molecule has 0 aromatic rings. The fourth-order valence-corrected chi connectivity index (χ4v) is 1.63. The highest BCUT2D eigenvalue weighted by atomic mass is 16.6. The van der Waals surface area contributed by atoms with Gasteiger partial charge in [0.15, 0.2) is 0 Å². The van der Waals surface area contributed by atoms with E-state index in [1.807, 2.05) is 6.92 Å². The zero-order chi connectivity index (χ0) is 15.8. The molecule has 2 N–H and O–H groups in total. The van der Waals surface area contributed by atoms with Gasteiger partial charge in [0.2, 0.25) is 0 Å². The lowest BCUT2D eigenvalue weighted by molar-refractivity contribution is -0.000178. The Morgan fingerprint density at radius 1 is 0.905 bits per heavy atom. The maximum atomic E-state index is 9.41. The van der Waals surface area contributed by atoms with Crippen molar-refractivity contribution in [2.24, 2.45) is 0 Å². The first kappa shape index (κ1) is 20.8. The molecule has 0 heterocycles. The van der Waals surface area contributed by atoms with Gasteiger partial charge in [-0.25, -0.2) is 0 Å². The van der Waals surface area contributed by atoms with E-state index in [-0.39, 0.29) is 12.1 Å². The first-order chi connectivity index (χ1) is 10.2. The van der Waals surface area contributed by atoms with Gasteiger partial charge in [-0.05, 0) is 26.3 Å². The maximum absolute atomic E-state index is 9.41. The Morgan fingerprint density at radius 3 is 1.90 bits per heavy atom. The fourth-order valence-electron chi connectivity index (χ4n) is 1.63. The SMILES string of the molecule is CCCNC(C)(CO)CCOCCOCCOCCOC. The molecule has 6 heteroatoms. The second-order valence-corrected chi connectivity index (χ2v) is 5.23. The average Bonchev–Trinajstić information content (AvgIpc) is 2.50. The van der Waals surface area contributed by atoms with E-state index in [1.54, 1.807) is 7.11 Å². The van der Waals surface area contributed by atoms with E-state index in [4.69, 9.17) is 18.9 Å². The highest BCUT2D eigenvalue weighted by Gasteiger charge is 2.21. The van der Waals surface area contributed by atoms with E-state index in [0.29, 0.717) is 46.2 Å². The molecule has 0 aliphatic carbocycles. The Morgan fingerprint density at radius 2 is 1.43 bits per heavy atom. The maximum Gasteiger partial charge on any atom is 0.0701 e. The largest absolute Gasteiger partial charge is 0.394 e. The van der Waals surface area contributed by atoms with Crippen LogP contribution in [0.15, 0.2) is 0 Å². The number of hydrogen-bond donors (Lipinski definition) is 2. The first-order valence-electron chi connectivity index (χ1n) is 7.76. The van der Waals surface area contributed by atoms with E-state index in [2.05, 4.69) is 12.2 Å². The second kappa shape index (κ2) is 14.7. The number of methoxy groups -OCH3 is 1. The van der Waals surface area contributed by atoms with E-state index in [0.717, 1.165) is 19.4 Å². The lowest BCUT2D eigenvalue weighted by atomic mass is 9.99. The molecule has 0 saturated heterocycles. The van der Waals surface area contributed by atoms with Crippen molar-refractivity contribution < 1.29 is 24.1 Å². The molecule has 0 radical (unpaired) electrons. The molecule has 6 nitrogen and oxygen atoms in total. The van der Waals surface area contributed by atoms with Crippen LogP contribution >= 0.6 is 0 Å². The van der Waals surface area contributed by atoms with E-state index < -0.39 is 0 Å². The molecule has 1 atom stereocenters. The number of hydrogen-bond acceptors (Lipinski definition) is 6. The number of aliphatic hydroxyl groups excluding tert-OH is 1. The van der Waals surface area contributed by atoms with Gasteiger partial charge in [0.05, 0.1) is 46.2 Å². The van der Waals surface area contributed by atoms with Crippen molar-refractivity contribution >= 4 is 0 Å². The van der Waals surface area contributed by atoms with Crippen LogP contribution in [0.4, 0.5) is 0 Å². The van der Waals surface area contributed by atoms with E-state index >= 15 is 0 Å². The van der Waals surface area contributed by atoms with Crippen molar-refractivity contribution in [2.75, 3.05) is 66.5 Å². The summed E-state index contributed by atoms with van der Waals surface area (Å²) in [4.78, 5) is 0. The standard InChI is InChI=1S/C15H33NO5/c1-4-6-16-15(2,14-17)5-7-19-10-11-21-13-12-20-9-8-18-3/h16-17H,4-14H2,1-3H3. The second-order valence-electron chi connectivity index (χ2n) is 5.23. The van der Waals surface area contributed by atoms with Crippen molar-refractivity contribution in [2.45, 2.75) is 32.2 Å². The predicted molar refractivity (Wildman–Crippen MR) is 82.7 cm³/mol. The van der Waals surface area contributed by atoms with Crippen molar-refractivity contribution in [3.8, 4) is 0 Å². The Kier molecular flexibility index (Phi) is 14.5. The molecule has 0 fully saturated rings. The predicted octanol–water partition coefficient (Wildman–Crippen LogP) is 0.823. The van der Waals surface area contributed by atoms with Gasteiger partial charge < -0.3 is 29.4 Å². The van der Waals surface area contributed by atoms with Crippen LogP contribution in [0.25, 0.3) is 0 Å². The third-order valence-corrected chi connectivity index (χ3v) is 3.12. The van der Waals surface area contributed by atoms with Gasteiger partial charge in [0.25, 0.3) is 0 Å². The van der Waals surface area contributed by atoms with Crippen molar-refractivity contribution in [3.05, 3.63) is 0 Å². The third-order valence-electron chi connectivity index (χ3n) is 3.12. The minimum Gasteiger partial charge on any atom is -0.394 e. The molecule has 0 aliphatic rings. The number of nitrogens with one attached hydrogen (secondary N) is 1. The van der Waals surface area contributed by atoms with Crippen LogP contribution in [0.5, 0.6) is 0 Å². The first-order valence-corrected chi connectivity index (χ1v) is 7.76. The normalized spacial score (nSPS) is 14.3. The van der Waals surface area contributed by atoms with Gasteiger partial charge in [-0.1, -0.05) is 6.92 Å². The summed E-state index contributed by atoms with van der Waals surface area (Å²) in [5.41, 5.74) is -0.258. The molecule has 0 spiro atoms. The Hall–Kier alpha value is -0.240. The average molecular weight is 307 g/mol.